The van der Waals surface area contributed by atoms with Gasteiger partial charge in [-0.1, -0.05) is 6.07 Å². The summed E-state index contributed by atoms with van der Waals surface area (Å²) in [4.78, 5) is 11.6. The summed E-state index contributed by atoms with van der Waals surface area (Å²) in [6.45, 7) is -0.429. The molecule has 7 heteroatoms. The third kappa shape index (κ3) is 3.65. The van der Waals surface area contributed by atoms with Gasteiger partial charge in [0.25, 0.3) is 5.91 Å². The fourth-order valence-electron chi connectivity index (χ4n) is 1.56. The lowest BCUT2D eigenvalue weighted by molar-refractivity contribution is -0.118. The van der Waals surface area contributed by atoms with E-state index in [9.17, 15) is 18.0 Å². The molecule has 0 aliphatic rings. The summed E-state index contributed by atoms with van der Waals surface area (Å²) in [6.07, 6.45) is 0. The first-order chi connectivity index (χ1) is 9.97. The number of carbonyl (C=O) groups is 1. The summed E-state index contributed by atoms with van der Waals surface area (Å²) >= 11 is 0. The molecule has 2 aromatic carbocycles. The number of hydrogen-bond donors (Lipinski definition) is 2. The number of nitrogens with one attached hydrogen (secondary N) is 1. The first-order valence-corrected chi connectivity index (χ1v) is 5.89. The van der Waals surface area contributed by atoms with E-state index in [1.165, 1.54) is 6.07 Å². The fourth-order valence-corrected chi connectivity index (χ4v) is 1.56. The SMILES string of the molecule is Nc1cccc(OCC(=O)Nc2ccc(F)c(F)c2F)c1. The third-order valence-corrected chi connectivity index (χ3v) is 2.54. The van der Waals surface area contributed by atoms with E-state index in [1.54, 1.807) is 18.2 Å². The lowest BCUT2D eigenvalue weighted by Gasteiger charge is -2.09. The number of amides is 1. The van der Waals surface area contributed by atoms with Gasteiger partial charge in [0.2, 0.25) is 0 Å². The van der Waals surface area contributed by atoms with Crippen LogP contribution in [-0.4, -0.2) is 12.5 Å². The molecule has 0 spiro atoms. The molecule has 0 radical (unpaired) electrons. The Bertz CT molecular complexity index is 677. The second-order valence-corrected chi connectivity index (χ2v) is 4.13. The molecule has 0 aliphatic carbocycles. The molecule has 0 aliphatic heterocycles. The number of rotatable bonds is 4. The predicted octanol–water partition coefficient (Wildman–Crippen LogP) is 2.70. The van der Waals surface area contributed by atoms with E-state index in [-0.39, 0.29) is 0 Å². The molecule has 2 aromatic rings. The van der Waals surface area contributed by atoms with Gasteiger partial charge >= 0.3 is 0 Å². The summed E-state index contributed by atoms with van der Waals surface area (Å²) in [6, 6.07) is 8.01. The van der Waals surface area contributed by atoms with Gasteiger partial charge in [-0.05, 0) is 24.3 Å². The highest BCUT2D eigenvalue weighted by molar-refractivity contribution is 5.92. The zero-order chi connectivity index (χ0) is 15.4. The van der Waals surface area contributed by atoms with E-state index in [4.69, 9.17) is 10.5 Å². The Morgan fingerprint density at radius 3 is 2.62 bits per heavy atom. The number of benzene rings is 2. The molecule has 21 heavy (non-hydrogen) atoms. The summed E-state index contributed by atoms with van der Waals surface area (Å²) in [5, 5.41) is 2.09. The molecule has 110 valence electrons. The van der Waals surface area contributed by atoms with Crippen LogP contribution in [-0.2, 0) is 4.79 Å². The Balaban J connectivity index is 1.98. The number of nitrogen functional groups attached to an aromatic ring is 1. The molecule has 0 unspecified atom stereocenters. The molecule has 0 aromatic heterocycles. The van der Waals surface area contributed by atoms with Crippen molar-refractivity contribution in [1.82, 2.24) is 0 Å². The Morgan fingerprint density at radius 2 is 1.90 bits per heavy atom. The quantitative estimate of drug-likeness (QED) is 0.673. The summed E-state index contributed by atoms with van der Waals surface area (Å²) in [5.41, 5.74) is 5.53. The lowest BCUT2D eigenvalue weighted by atomic mass is 10.3. The van der Waals surface area contributed by atoms with Crippen molar-refractivity contribution in [1.29, 1.82) is 0 Å². The van der Waals surface area contributed by atoms with E-state index in [0.29, 0.717) is 17.5 Å². The first kappa shape index (κ1) is 14.7. The predicted molar refractivity (Wildman–Crippen MR) is 71.3 cm³/mol. The average molecular weight is 296 g/mol. The molecule has 1 amide bonds. The Labute approximate surface area is 118 Å². The minimum Gasteiger partial charge on any atom is -0.484 e. The summed E-state index contributed by atoms with van der Waals surface area (Å²) in [7, 11) is 0. The maximum atomic E-state index is 13.4. The molecule has 0 bridgehead atoms. The molecule has 0 saturated carbocycles. The van der Waals surface area contributed by atoms with Gasteiger partial charge < -0.3 is 15.8 Å². The van der Waals surface area contributed by atoms with Crippen LogP contribution < -0.4 is 15.8 Å². The smallest absolute Gasteiger partial charge is 0.262 e. The number of hydrogen-bond acceptors (Lipinski definition) is 3. The van der Waals surface area contributed by atoms with Gasteiger partial charge in [0, 0.05) is 11.8 Å². The largest absolute Gasteiger partial charge is 0.484 e. The van der Waals surface area contributed by atoms with E-state index < -0.39 is 35.7 Å². The molecule has 2 rings (SSSR count). The minimum absolute atomic E-state index is 0.357. The van der Waals surface area contributed by atoms with E-state index in [2.05, 4.69) is 5.32 Å². The topological polar surface area (TPSA) is 64.3 Å². The van der Waals surface area contributed by atoms with Crippen molar-refractivity contribution in [2.75, 3.05) is 17.7 Å². The van der Waals surface area contributed by atoms with Crippen molar-refractivity contribution in [3.8, 4) is 5.75 Å². The first-order valence-electron chi connectivity index (χ1n) is 5.89. The van der Waals surface area contributed by atoms with Crippen molar-refractivity contribution in [2.45, 2.75) is 0 Å². The number of nitrogens with two attached hydrogens (primary N) is 1. The standard InChI is InChI=1S/C14H11F3N2O2/c15-10-4-5-11(14(17)13(10)16)19-12(20)7-21-9-3-1-2-8(18)6-9/h1-6H,7,18H2,(H,19,20). The van der Waals surface area contributed by atoms with Gasteiger partial charge in [0.1, 0.15) is 5.75 Å². The molecule has 0 saturated heterocycles. The van der Waals surface area contributed by atoms with Gasteiger partial charge in [-0.25, -0.2) is 13.2 Å². The molecule has 0 atom stereocenters. The van der Waals surface area contributed by atoms with Gasteiger partial charge in [0.15, 0.2) is 24.1 Å². The zero-order valence-corrected chi connectivity index (χ0v) is 10.7. The van der Waals surface area contributed by atoms with Crippen molar-refractivity contribution in [3.05, 3.63) is 53.8 Å². The molecule has 3 N–H and O–H groups in total. The Morgan fingerprint density at radius 1 is 1.14 bits per heavy atom. The van der Waals surface area contributed by atoms with Crippen LogP contribution in [0.5, 0.6) is 5.75 Å². The number of carbonyl (C=O) groups excluding carboxylic acids is 1. The van der Waals surface area contributed by atoms with Crippen LogP contribution in [0.3, 0.4) is 0 Å². The van der Waals surface area contributed by atoms with Crippen molar-refractivity contribution < 1.29 is 22.7 Å². The second kappa shape index (κ2) is 6.17. The van der Waals surface area contributed by atoms with Crippen LogP contribution in [0.2, 0.25) is 0 Å². The van der Waals surface area contributed by atoms with E-state index in [1.807, 2.05) is 0 Å². The highest BCUT2D eigenvalue weighted by Crippen LogP contribution is 2.19. The number of halogens is 3. The van der Waals surface area contributed by atoms with Crippen LogP contribution in [0.15, 0.2) is 36.4 Å². The number of ether oxygens (including phenoxy) is 1. The molecule has 0 heterocycles. The Kier molecular flexibility index (Phi) is 4.32. The van der Waals surface area contributed by atoms with Crippen molar-refractivity contribution in [3.63, 3.8) is 0 Å². The third-order valence-electron chi connectivity index (χ3n) is 2.54. The molecular weight excluding hydrogens is 285 g/mol. The van der Waals surface area contributed by atoms with Crippen LogP contribution in [0, 0.1) is 17.5 Å². The molecular formula is C14H11F3N2O2. The van der Waals surface area contributed by atoms with Gasteiger partial charge in [-0.2, -0.15) is 0 Å². The lowest BCUT2D eigenvalue weighted by Crippen LogP contribution is -2.21. The van der Waals surface area contributed by atoms with Crippen molar-refractivity contribution in [2.24, 2.45) is 0 Å². The van der Waals surface area contributed by atoms with Crippen molar-refractivity contribution >= 4 is 17.3 Å². The van der Waals surface area contributed by atoms with E-state index >= 15 is 0 Å². The summed E-state index contributed by atoms with van der Waals surface area (Å²) in [5.74, 6) is -4.81. The maximum Gasteiger partial charge on any atom is 0.262 e. The Hall–Kier alpha value is -2.70. The second-order valence-electron chi connectivity index (χ2n) is 4.13. The fraction of sp³-hybridized carbons (Fsp3) is 0.0714. The average Bonchev–Trinajstić information content (AvgIpc) is 2.46. The van der Waals surface area contributed by atoms with Gasteiger partial charge in [0.05, 0.1) is 5.69 Å². The monoisotopic (exact) mass is 296 g/mol. The highest BCUT2D eigenvalue weighted by Gasteiger charge is 2.15. The van der Waals surface area contributed by atoms with Crippen LogP contribution >= 0.6 is 0 Å². The van der Waals surface area contributed by atoms with Crippen LogP contribution in [0.25, 0.3) is 0 Å². The normalized spacial score (nSPS) is 10.2. The molecule has 0 fully saturated rings. The zero-order valence-electron chi connectivity index (χ0n) is 10.7. The maximum absolute atomic E-state index is 13.4. The number of anilines is 2. The van der Waals surface area contributed by atoms with Gasteiger partial charge in [-0.15, -0.1) is 0 Å². The highest BCUT2D eigenvalue weighted by atomic mass is 19.2. The minimum atomic E-state index is -1.65. The summed E-state index contributed by atoms with van der Waals surface area (Å²) < 4.78 is 44.2. The molecule has 4 nitrogen and oxygen atoms in total. The van der Waals surface area contributed by atoms with E-state index in [0.717, 1.165) is 6.07 Å². The van der Waals surface area contributed by atoms with Gasteiger partial charge in [-0.3, -0.25) is 4.79 Å². The van der Waals surface area contributed by atoms with Crippen LogP contribution in [0.1, 0.15) is 0 Å². The van der Waals surface area contributed by atoms with Crippen LogP contribution in [0.4, 0.5) is 24.5 Å².